The van der Waals surface area contributed by atoms with Crippen LogP contribution < -0.4 is 5.73 Å². The average Bonchev–Trinajstić information content (AvgIpc) is 2.53. The van der Waals surface area contributed by atoms with E-state index in [1.807, 2.05) is 13.0 Å². The molecule has 1 aliphatic rings. The molecule has 0 spiro atoms. The zero-order chi connectivity index (χ0) is 9.42. The Hall–Kier alpha value is -0.890. The Morgan fingerprint density at radius 1 is 1.31 bits per heavy atom. The van der Waals surface area contributed by atoms with Crippen molar-refractivity contribution in [1.82, 2.24) is 0 Å². The summed E-state index contributed by atoms with van der Waals surface area (Å²) in [7, 11) is 0. The van der Waals surface area contributed by atoms with Gasteiger partial charge < -0.3 is 5.73 Å². The van der Waals surface area contributed by atoms with E-state index in [-0.39, 0.29) is 11.9 Å². The number of benzene rings is 1. The normalized spacial score (nSPS) is 17.2. The molecule has 1 nitrogen and oxygen atoms in total. The van der Waals surface area contributed by atoms with Crippen LogP contribution in [0.4, 0.5) is 4.39 Å². The highest BCUT2D eigenvalue weighted by Gasteiger charge is 2.19. The van der Waals surface area contributed by atoms with Crippen LogP contribution in [0, 0.1) is 5.82 Å². The van der Waals surface area contributed by atoms with E-state index in [9.17, 15) is 4.39 Å². The average molecular weight is 179 g/mol. The summed E-state index contributed by atoms with van der Waals surface area (Å²) in [6.07, 6.45) is 2.93. The highest BCUT2D eigenvalue weighted by Crippen LogP contribution is 2.30. The summed E-state index contributed by atoms with van der Waals surface area (Å²) in [6.45, 7) is 1.95. The standard InChI is InChI=1S/C11H14FN/c1-7(13)8-5-6-11(12)10-4-2-3-9(8)10/h5-7H,2-4,13H2,1H3/t7-/m0/s1. The molecule has 2 rings (SSSR count). The molecule has 0 saturated heterocycles. The molecule has 1 aromatic rings. The van der Waals surface area contributed by atoms with Gasteiger partial charge in [0, 0.05) is 6.04 Å². The van der Waals surface area contributed by atoms with E-state index in [1.54, 1.807) is 6.07 Å². The zero-order valence-corrected chi connectivity index (χ0v) is 7.81. The lowest BCUT2D eigenvalue weighted by molar-refractivity contribution is 0.610. The van der Waals surface area contributed by atoms with Gasteiger partial charge in [-0.3, -0.25) is 0 Å². The Bertz CT molecular complexity index is 331. The molecular weight excluding hydrogens is 165 g/mol. The van der Waals surface area contributed by atoms with E-state index in [0.29, 0.717) is 0 Å². The van der Waals surface area contributed by atoms with Crippen molar-refractivity contribution in [1.29, 1.82) is 0 Å². The molecule has 0 unspecified atom stereocenters. The van der Waals surface area contributed by atoms with Gasteiger partial charge in [0.2, 0.25) is 0 Å². The van der Waals surface area contributed by atoms with Crippen LogP contribution in [0.2, 0.25) is 0 Å². The van der Waals surface area contributed by atoms with E-state index in [2.05, 4.69) is 0 Å². The van der Waals surface area contributed by atoms with Crippen LogP contribution in [0.25, 0.3) is 0 Å². The summed E-state index contributed by atoms with van der Waals surface area (Å²) in [5.74, 6) is -0.0584. The Balaban J connectivity index is 2.56. The van der Waals surface area contributed by atoms with Gasteiger partial charge in [0.25, 0.3) is 0 Å². The lowest BCUT2D eigenvalue weighted by atomic mass is 9.98. The number of halogens is 1. The van der Waals surface area contributed by atoms with Crippen molar-refractivity contribution in [2.24, 2.45) is 5.73 Å². The lowest BCUT2D eigenvalue weighted by Crippen LogP contribution is -2.08. The molecule has 2 N–H and O–H groups in total. The minimum absolute atomic E-state index is 0.0208. The van der Waals surface area contributed by atoms with Crippen LogP contribution in [-0.4, -0.2) is 0 Å². The van der Waals surface area contributed by atoms with Crippen molar-refractivity contribution < 1.29 is 4.39 Å². The van der Waals surface area contributed by atoms with Crippen LogP contribution in [-0.2, 0) is 12.8 Å². The molecule has 1 atom stereocenters. The maximum Gasteiger partial charge on any atom is 0.126 e. The molecule has 0 heterocycles. The third kappa shape index (κ3) is 1.35. The molecule has 0 radical (unpaired) electrons. The van der Waals surface area contributed by atoms with Crippen LogP contribution >= 0.6 is 0 Å². The van der Waals surface area contributed by atoms with Crippen molar-refractivity contribution >= 4 is 0 Å². The largest absolute Gasteiger partial charge is 0.324 e. The molecule has 2 heteroatoms. The maximum absolute atomic E-state index is 13.3. The summed E-state index contributed by atoms with van der Waals surface area (Å²) >= 11 is 0. The fourth-order valence-corrected chi connectivity index (χ4v) is 2.12. The summed E-state index contributed by atoms with van der Waals surface area (Å²) in [5.41, 5.74) is 8.99. The monoisotopic (exact) mass is 179 g/mol. The van der Waals surface area contributed by atoms with Gasteiger partial charge in [-0.15, -0.1) is 0 Å². The molecule has 1 aromatic carbocycles. The number of nitrogens with two attached hydrogens (primary N) is 1. The van der Waals surface area contributed by atoms with Crippen LogP contribution in [0.3, 0.4) is 0 Å². The molecule has 0 fully saturated rings. The third-order valence-corrected chi connectivity index (χ3v) is 2.75. The Morgan fingerprint density at radius 2 is 2.00 bits per heavy atom. The SMILES string of the molecule is C[C@H](N)c1ccc(F)c2c1CCC2. The van der Waals surface area contributed by atoms with Gasteiger partial charge >= 0.3 is 0 Å². The van der Waals surface area contributed by atoms with Crippen molar-refractivity contribution in [2.45, 2.75) is 32.2 Å². The van der Waals surface area contributed by atoms with Crippen molar-refractivity contribution in [2.75, 3.05) is 0 Å². The number of hydrogen-bond acceptors (Lipinski definition) is 1. The molecule has 0 bridgehead atoms. The molecule has 13 heavy (non-hydrogen) atoms. The molecule has 70 valence electrons. The molecule has 1 aliphatic carbocycles. The minimum atomic E-state index is -0.0584. The summed E-state index contributed by atoms with van der Waals surface area (Å²) in [5, 5.41) is 0. The second-order valence-electron chi connectivity index (χ2n) is 3.74. The van der Waals surface area contributed by atoms with Gasteiger partial charge in [-0.05, 0) is 48.9 Å². The van der Waals surface area contributed by atoms with Crippen LogP contribution in [0.1, 0.15) is 36.1 Å². The quantitative estimate of drug-likeness (QED) is 0.703. The first-order valence-electron chi connectivity index (χ1n) is 4.76. The Kier molecular flexibility index (Phi) is 2.08. The first-order chi connectivity index (χ1) is 6.20. The maximum atomic E-state index is 13.3. The van der Waals surface area contributed by atoms with Gasteiger partial charge in [-0.25, -0.2) is 4.39 Å². The zero-order valence-electron chi connectivity index (χ0n) is 7.81. The fraction of sp³-hybridized carbons (Fsp3) is 0.455. The fourth-order valence-electron chi connectivity index (χ4n) is 2.12. The molecular formula is C11H14FN. The van der Waals surface area contributed by atoms with Gasteiger partial charge in [-0.2, -0.15) is 0 Å². The molecule has 0 aromatic heterocycles. The third-order valence-electron chi connectivity index (χ3n) is 2.75. The Labute approximate surface area is 77.8 Å². The topological polar surface area (TPSA) is 26.0 Å². The van der Waals surface area contributed by atoms with E-state index in [1.165, 1.54) is 0 Å². The minimum Gasteiger partial charge on any atom is -0.324 e. The van der Waals surface area contributed by atoms with E-state index < -0.39 is 0 Å². The second kappa shape index (κ2) is 3.11. The number of fused-ring (bicyclic) bond motifs is 1. The van der Waals surface area contributed by atoms with E-state index in [0.717, 1.165) is 36.0 Å². The van der Waals surface area contributed by atoms with Gasteiger partial charge in [-0.1, -0.05) is 6.07 Å². The predicted octanol–water partition coefficient (Wildman–Crippen LogP) is 2.33. The molecule has 0 aliphatic heterocycles. The highest BCUT2D eigenvalue weighted by atomic mass is 19.1. The molecule has 0 amide bonds. The van der Waals surface area contributed by atoms with Gasteiger partial charge in [0.05, 0.1) is 0 Å². The van der Waals surface area contributed by atoms with Gasteiger partial charge in [0.15, 0.2) is 0 Å². The van der Waals surface area contributed by atoms with Crippen molar-refractivity contribution in [3.05, 3.63) is 34.6 Å². The first-order valence-corrected chi connectivity index (χ1v) is 4.76. The van der Waals surface area contributed by atoms with Crippen molar-refractivity contribution in [3.8, 4) is 0 Å². The summed E-state index contributed by atoms with van der Waals surface area (Å²) in [6, 6.07) is 3.39. The number of hydrogen-bond donors (Lipinski definition) is 1. The lowest BCUT2D eigenvalue weighted by Gasteiger charge is -2.12. The predicted molar refractivity (Wildman–Crippen MR) is 51.0 cm³/mol. The summed E-state index contributed by atoms with van der Waals surface area (Å²) < 4.78 is 13.3. The van der Waals surface area contributed by atoms with Gasteiger partial charge in [0.1, 0.15) is 5.82 Å². The first kappa shape index (κ1) is 8.70. The van der Waals surface area contributed by atoms with Crippen molar-refractivity contribution in [3.63, 3.8) is 0 Å². The van der Waals surface area contributed by atoms with Crippen LogP contribution in [0.5, 0.6) is 0 Å². The molecule has 0 saturated carbocycles. The second-order valence-corrected chi connectivity index (χ2v) is 3.74. The smallest absolute Gasteiger partial charge is 0.126 e. The number of rotatable bonds is 1. The Morgan fingerprint density at radius 3 is 2.69 bits per heavy atom. The van der Waals surface area contributed by atoms with Crippen LogP contribution in [0.15, 0.2) is 12.1 Å². The van der Waals surface area contributed by atoms with E-state index >= 15 is 0 Å². The van der Waals surface area contributed by atoms with E-state index in [4.69, 9.17) is 5.73 Å². The summed E-state index contributed by atoms with van der Waals surface area (Å²) in [4.78, 5) is 0. The highest BCUT2D eigenvalue weighted by molar-refractivity contribution is 5.40.